The molecular weight excluding hydrogens is 472 g/mol. The van der Waals surface area contributed by atoms with Crippen molar-refractivity contribution in [1.82, 2.24) is 15.0 Å². The van der Waals surface area contributed by atoms with Gasteiger partial charge in [-0.1, -0.05) is 17.7 Å². The van der Waals surface area contributed by atoms with Crippen molar-refractivity contribution in [2.24, 2.45) is 0 Å². The molecule has 2 aromatic heterocycles. The minimum atomic E-state index is -3.92. The summed E-state index contributed by atoms with van der Waals surface area (Å²) >= 11 is 8.73. The van der Waals surface area contributed by atoms with Crippen LogP contribution in [-0.2, 0) is 21.2 Å². The highest BCUT2D eigenvalue weighted by atomic mass is 35.5. The Bertz CT molecular complexity index is 1180. The van der Waals surface area contributed by atoms with Gasteiger partial charge in [0.1, 0.15) is 5.01 Å². The monoisotopic (exact) mass is 486 g/mol. The van der Waals surface area contributed by atoms with Crippen LogP contribution in [0.15, 0.2) is 46.7 Å². The van der Waals surface area contributed by atoms with E-state index in [1.807, 2.05) is 6.07 Å². The Hall–Kier alpha value is -2.38. The minimum absolute atomic E-state index is 0.0600. The molecule has 0 atom stereocenters. The van der Waals surface area contributed by atoms with Gasteiger partial charge in [0.2, 0.25) is 15.9 Å². The van der Waals surface area contributed by atoms with Gasteiger partial charge in [0.25, 0.3) is 5.69 Å². The molecule has 0 saturated carbocycles. The molecule has 0 spiro atoms. The van der Waals surface area contributed by atoms with Crippen LogP contribution in [0.3, 0.4) is 0 Å². The molecule has 0 radical (unpaired) electrons. The third-order valence-corrected chi connectivity index (χ3v) is 7.51. The molecule has 0 bridgehead atoms. The Morgan fingerprint density at radius 3 is 2.73 bits per heavy atom. The lowest BCUT2D eigenvalue weighted by Crippen LogP contribution is -2.35. The van der Waals surface area contributed by atoms with Crippen LogP contribution in [-0.4, -0.2) is 37.3 Å². The third kappa shape index (κ3) is 5.83. The van der Waals surface area contributed by atoms with Gasteiger partial charge in [-0.05, 0) is 18.2 Å². The molecular formula is C17H15ClN4O5S3. The Morgan fingerprint density at radius 2 is 2.03 bits per heavy atom. The summed E-state index contributed by atoms with van der Waals surface area (Å²) in [7, 11) is -3.92. The van der Waals surface area contributed by atoms with Crippen molar-refractivity contribution in [2.45, 2.75) is 11.3 Å². The second-order valence-electron chi connectivity index (χ2n) is 5.93. The van der Waals surface area contributed by atoms with Gasteiger partial charge in [0.15, 0.2) is 0 Å². The first-order valence-corrected chi connectivity index (χ1v) is 12.0. The quantitative estimate of drug-likeness (QED) is 0.271. The summed E-state index contributed by atoms with van der Waals surface area (Å²) < 4.78 is 27.4. The molecule has 1 amide bonds. The Kier molecular flexibility index (Phi) is 7.15. The highest BCUT2D eigenvalue weighted by Gasteiger charge is 2.17. The number of nitro benzene ring substituents is 1. The number of halogens is 1. The van der Waals surface area contributed by atoms with E-state index in [1.165, 1.54) is 40.9 Å². The number of amides is 1. The molecule has 2 N–H and O–H groups in total. The summed E-state index contributed by atoms with van der Waals surface area (Å²) in [6.07, 6.45) is 0.0627. The number of hydrogen-bond acceptors (Lipinski definition) is 8. The molecule has 0 saturated heterocycles. The van der Waals surface area contributed by atoms with Gasteiger partial charge < -0.3 is 5.32 Å². The lowest BCUT2D eigenvalue weighted by atomic mass is 10.3. The van der Waals surface area contributed by atoms with Gasteiger partial charge >= 0.3 is 0 Å². The van der Waals surface area contributed by atoms with Gasteiger partial charge in [-0.25, -0.2) is 18.1 Å². The van der Waals surface area contributed by atoms with Crippen LogP contribution in [0.5, 0.6) is 0 Å². The number of nitrogens with zero attached hydrogens (tertiary/aromatic N) is 2. The average molecular weight is 487 g/mol. The molecule has 1 aromatic carbocycles. The Balaban J connectivity index is 1.47. The predicted molar refractivity (Wildman–Crippen MR) is 115 cm³/mol. The highest BCUT2D eigenvalue weighted by Crippen LogP contribution is 2.32. The van der Waals surface area contributed by atoms with Crippen LogP contribution in [0, 0.1) is 10.1 Å². The predicted octanol–water partition coefficient (Wildman–Crippen LogP) is 3.07. The number of carbonyl (C=O) groups is 1. The van der Waals surface area contributed by atoms with E-state index in [9.17, 15) is 23.3 Å². The van der Waals surface area contributed by atoms with Crippen LogP contribution in [0.25, 0.3) is 9.88 Å². The zero-order valence-corrected chi connectivity index (χ0v) is 18.4. The molecule has 0 aliphatic heterocycles. The van der Waals surface area contributed by atoms with Crippen molar-refractivity contribution >= 4 is 55.9 Å². The van der Waals surface area contributed by atoms with Crippen molar-refractivity contribution in [3.63, 3.8) is 0 Å². The number of thiophene rings is 1. The summed E-state index contributed by atoms with van der Waals surface area (Å²) in [4.78, 5) is 27.3. The molecule has 0 fully saturated rings. The van der Waals surface area contributed by atoms with Crippen molar-refractivity contribution in [1.29, 1.82) is 0 Å². The number of nitro groups is 1. The number of hydrogen-bond donors (Lipinski definition) is 2. The highest BCUT2D eigenvalue weighted by molar-refractivity contribution is 7.89. The fourth-order valence-electron chi connectivity index (χ4n) is 2.39. The third-order valence-electron chi connectivity index (χ3n) is 3.76. The first-order chi connectivity index (χ1) is 14.2. The summed E-state index contributed by atoms with van der Waals surface area (Å²) in [5, 5.41) is 16.0. The van der Waals surface area contributed by atoms with E-state index in [4.69, 9.17) is 11.6 Å². The summed E-state index contributed by atoms with van der Waals surface area (Å²) in [5.41, 5.74) is 0.285. The molecule has 158 valence electrons. The number of thiazole rings is 1. The van der Waals surface area contributed by atoms with E-state index in [2.05, 4.69) is 15.0 Å². The smallest absolute Gasteiger partial charge is 0.270 e. The molecule has 9 nitrogen and oxygen atoms in total. The van der Waals surface area contributed by atoms with E-state index in [1.54, 1.807) is 11.4 Å². The number of benzene rings is 1. The lowest BCUT2D eigenvalue weighted by Gasteiger charge is -2.07. The SMILES string of the molecule is O=C(Cc1csc(-c2ccc(Cl)s2)n1)NCCNS(=O)(=O)c1cccc([N+](=O)[O-])c1. The van der Waals surface area contributed by atoms with Crippen molar-refractivity contribution in [3.8, 4) is 9.88 Å². The van der Waals surface area contributed by atoms with Crippen molar-refractivity contribution in [2.75, 3.05) is 13.1 Å². The van der Waals surface area contributed by atoms with E-state index < -0.39 is 14.9 Å². The van der Waals surface area contributed by atoms with Gasteiger partial charge in [0.05, 0.1) is 31.1 Å². The maximum atomic E-state index is 12.2. The zero-order valence-electron chi connectivity index (χ0n) is 15.2. The first kappa shape index (κ1) is 22.3. The topological polar surface area (TPSA) is 131 Å². The molecule has 0 aliphatic carbocycles. The van der Waals surface area contributed by atoms with Crippen LogP contribution in [0.1, 0.15) is 5.69 Å². The van der Waals surface area contributed by atoms with Gasteiger partial charge in [-0.2, -0.15) is 0 Å². The van der Waals surface area contributed by atoms with Gasteiger partial charge in [-0.3, -0.25) is 14.9 Å². The molecule has 3 rings (SSSR count). The maximum Gasteiger partial charge on any atom is 0.270 e. The number of rotatable bonds is 9. The standard InChI is InChI=1S/C17H15ClN4O5S3/c18-15-5-4-14(29-15)17-21-11(10-28-17)8-16(23)19-6-7-20-30(26,27)13-3-1-2-12(9-13)22(24)25/h1-5,9-10,20H,6-8H2,(H,19,23). The summed E-state index contributed by atoms with van der Waals surface area (Å²) in [6, 6.07) is 8.38. The van der Waals surface area contributed by atoms with E-state index in [0.717, 1.165) is 16.0 Å². The minimum Gasteiger partial charge on any atom is -0.354 e. The first-order valence-electron chi connectivity index (χ1n) is 8.45. The number of non-ortho nitro benzene ring substituents is 1. The lowest BCUT2D eigenvalue weighted by molar-refractivity contribution is -0.385. The van der Waals surface area contributed by atoms with Gasteiger partial charge in [-0.15, -0.1) is 22.7 Å². The fraction of sp³-hybridized carbons (Fsp3) is 0.176. The van der Waals surface area contributed by atoms with E-state index in [0.29, 0.717) is 10.0 Å². The normalized spacial score (nSPS) is 11.4. The van der Waals surface area contributed by atoms with E-state index >= 15 is 0 Å². The molecule has 3 aromatic rings. The van der Waals surface area contributed by atoms with Crippen molar-refractivity contribution in [3.05, 3.63) is 61.9 Å². The number of sulfonamides is 1. The number of aromatic nitrogens is 1. The zero-order chi connectivity index (χ0) is 21.7. The molecule has 0 unspecified atom stereocenters. The summed E-state index contributed by atoms with van der Waals surface area (Å²) in [6.45, 7) is -0.00269. The maximum absolute atomic E-state index is 12.2. The second kappa shape index (κ2) is 9.62. The second-order valence-corrected chi connectivity index (χ2v) is 10.3. The Morgan fingerprint density at radius 1 is 1.23 bits per heavy atom. The molecule has 30 heavy (non-hydrogen) atoms. The Labute approximate surface area is 184 Å². The number of carbonyl (C=O) groups excluding carboxylic acids is 1. The van der Waals surface area contributed by atoms with Crippen LogP contribution in [0.2, 0.25) is 4.34 Å². The molecule has 2 heterocycles. The van der Waals surface area contributed by atoms with Crippen LogP contribution in [0.4, 0.5) is 5.69 Å². The molecule has 0 aliphatic rings. The average Bonchev–Trinajstić information content (AvgIpc) is 3.34. The van der Waals surface area contributed by atoms with E-state index in [-0.39, 0.29) is 36.0 Å². The fourth-order valence-corrected chi connectivity index (χ4v) is 5.40. The van der Waals surface area contributed by atoms with Gasteiger partial charge in [0, 0.05) is 30.6 Å². The van der Waals surface area contributed by atoms with Crippen molar-refractivity contribution < 1.29 is 18.1 Å². The number of nitrogens with one attached hydrogen (secondary N) is 2. The van der Waals surface area contributed by atoms with Crippen LogP contribution >= 0.6 is 34.3 Å². The largest absolute Gasteiger partial charge is 0.354 e. The van der Waals surface area contributed by atoms with Crippen LogP contribution < -0.4 is 10.0 Å². The summed E-state index contributed by atoms with van der Waals surface area (Å²) in [5.74, 6) is -0.300. The molecule has 13 heteroatoms.